The first-order chi connectivity index (χ1) is 15.6. The third kappa shape index (κ3) is 5.55. The van der Waals surface area contributed by atoms with Gasteiger partial charge in [0.15, 0.2) is 5.65 Å². The van der Waals surface area contributed by atoms with Gasteiger partial charge < -0.3 is 10.6 Å². The first-order valence-electron chi connectivity index (χ1n) is 10.1. The molecule has 4 rings (SSSR count). The predicted octanol–water partition coefficient (Wildman–Crippen LogP) is 3.99. The van der Waals surface area contributed by atoms with E-state index >= 15 is 0 Å². The molecule has 7 nitrogen and oxygen atoms in total. The molecule has 2 aromatic carbocycles. The quantitative estimate of drug-likeness (QED) is 0.314. The molecule has 0 radical (unpaired) electrons. The fraction of sp³-hybridized carbons (Fsp3) is 0.174. The molecule has 9 heteroatoms. The largest absolute Gasteiger partial charge is 0.350 e. The second kappa shape index (κ2) is 10.1. The van der Waals surface area contributed by atoms with E-state index in [1.54, 1.807) is 48.3 Å². The zero-order valence-corrected chi connectivity index (χ0v) is 18.0. The number of pyridine rings is 1. The van der Waals surface area contributed by atoms with Gasteiger partial charge in [0.25, 0.3) is 0 Å². The number of benzene rings is 2. The Balaban J connectivity index is 1.26. The lowest BCUT2D eigenvalue weighted by Gasteiger charge is -2.09. The van der Waals surface area contributed by atoms with Crippen molar-refractivity contribution in [3.63, 3.8) is 0 Å². The monoisotopic (exact) mass is 451 g/mol. The molecule has 0 saturated heterocycles. The van der Waals surface area contributed by atoms with Crippen molar-refractivity contribution in [3.8, 4) is 0 Å². The molecule has 0 aliphatic rings. The number of thioether (sulfide) groups is 1. The molecule has 0 aliphatic carbocycles. The molecule has 164 valence electrons. The number of hydrogen-bond acceptors (Lipinski definition) is 4. The van der Waals surface area contributed by atoms with Crippen LogP contribution < -0.4 is 16.3 Å². The van der Waals surface area contributed by atoms with E-state index in [0.717, 1.165) is 22.6 Å². The highest BCUT2D eigenvalue weighted by molar-refractivity contribution is 7.99. The number of nitrogens with zero attached hydrogens (tertiary/aromatic N) is 3. The number of anilines is 1. The summed E-state index contributed by atoms with van der Waals surface area (Å²) in [7, 11) is 0. The van der Waals surface area contributed by atoms with Crippen LogP contribution in [0.3, 0.4) is 0 Å². The van der Waals surface area contributed by atoms with Gasteiger partial charge in [0.2, 0.25) is 0 Å². The maximum Gasteiger partial charge on any atom is 0.350 e. The molecule has 0 spiro atoms. The summed E-state index contributed by atoms with van der Waals surface area (Å²) in [4.78, 5) is 25.6. The molecule has 2 aromatic heterocycles. The highest BCUT2D eigenvalue weighted by Gasteiger charge is 2.08. The van der Waals surface area contributed by atoms with Crippen LogP contribution in [0.1, 0.15) is 12.0 Å². The standard InChI is InChI=1S/C23H22FN5O2S/c24-18-8-10-20(11-9-18)32-14-4-12-25-22(30)26-19-6-3-5-17(15-19)16-29-23(31)28-13-2-1-7-21(28)27-29/h1-3,5-11,13,15H,4,12,14,16H2,(H2,25,26,30). The second-order valence-corrected chi connectivity index (χ2v) is 8.27. The van der Waals surface area contributed by atoms with Gasteiger partial charge in [-0.25, -0.2) is 18.7 Å². The minimum absolute atomic E-state index is 0.213. The van der Waals surface area contributed by atoms with Crippen molar-refractivity contribution >= 4 is 29.1 Å². The molecular formula is C23H22FN5O2S. The van der Waals surface area contributed by atoms with E-state index in [0.29, 0.717) is 24.4 Å². The van der Waals surface area contributed by atoms with Crippen LogP contribution in [0.4, 0.5) is 14.9 Å². The number of fused-ring (bicyclic) bond motifs is 1. The minimum Gasteiger partial charge on any atom is -0.338 e. The number of urea groups is 1. The number of hydrogen-bond donors (Lipinski definition) is 2. The molecule has 0 atom stereocenters. The Morgan fingerprint density at radius 2 is 1.91 bits per heavy atom. The highest BCUT2D eigenvalue weighted by atomic mass is 32.2. The number of rotatable bonds is 8. The molecule has 0 unspecified atom stereocenters. The number of nitrogens with one attached hydrogen (secondary N) is 2. The summed E-state index contributed by atoms with van der Waals surface area (Å²) < 4.78 is 15.8. The normalized spacial score (nSPS) is 10.9. The van der Waals surface area contributed by atoms with E-state index in [4.69, 9.17) is 0 Å². The van der Waals surface area contributed by atoms with Crippen LogP contribution in [0.5, 0.6) is 0 Å². The van der Waals surface area contributed by atoms with Gasteiger partial charge >= 0.3 is 11.7 Å². The molecule has 32 heavy (non-hydrogen) atoms. The van der Waals surface area contributed by atoms with Crippen LogP contribution in [0.2, 0.25) is 0 Å². The lowest BCUT2D eigenvalue weighted by molar-refractivity contribution is 0.252. The molecule has 0 bridgehead atoms. The van der Waals surface area contributed by atoms with E-state index in [1.807, 2.05) is 24.3 Å². The number of aromatic nitrogens is 3. The number of carbonyl (C=O) groups excluding carboxylic acids is 1. The third-order valence-electron chi connectivity index (χ3n) is 4.69. The van der Waals surface area contributed by atoms with Crippen LogP contribution in [-0.4, -0.2) is 32.5 Å². The van der Waals surface area contributed by atoms with Gasteiger partial charge in [0.1, 0.15) is 5.82 Å². The Hall–Kier alpha value is -3.59. The number of amides is 2. The maximum absolute atomic E-state index is 12.9. The molecular weight excluding hydrogens is 429 g/mol. The van der Waals surface area contributed by atoms with Gasteiger partial charge in [-0.05, 0) is 66.3 Å². The Bertz CT molecular complexity index is 1270. The van der Waals surface area contributed by atoms with Crippen molar-refractivity contribution in [1.82, 2.24) is 19.5 Å². The smallest absolute Gasteiger partial charge is 0.338 e. The van der Waals surface area contributed by atoms with Crippen LogP contribution in [0, 0.1) is 5.82 Å². The molecule has 2 amide bonds. The van der Waals surface area contributed by atoms with E-state index in [1.165, 1.54) is 21.2 Å². The zero-order chi connectivity index (χ0) is 22.3. The average Bonchev–Trinajstić information content (AvgIpc) is 3.10. The van der Waals surface area contributed by atoms with Crippen molar-refractivity contribution in [3.05, 3.63) is 94.8 Å². The van der Waals surface area contributed by atoms with Gasteiger partial charge in [-0.1, -0.05) is 18.2 Å². The van der Waals surface area contributed by atoms with E-state index in [2.05, 4.69) is 15.7 Å². The summed E-state index contributed by atoms with van der Waals surface area (Å²) in [6.45, 7) is 0.828. The average molecular weight is 452 g/mol. The fourth-order valence-corrected chi connectivity index (χ4v) is 4.01. The molecule has 0 saturated carbocycles. The first kappa shape index (κ1) is 21.6. The Morgan fingerprint density at radius 1 is 1.06 bits per heavy atom. The predicted molar refractivity (Wildman–Crippen MR) is 124 cm³/mol. The summed E-state index contributed by atoms with van der Waals surface area (Å²) in [5.41, 5.74) is 1.86. The molecule has 0 aliphatic heterocycles. The fourth-order valence-electron chi connectivity index (χ4n) is 3.16. The Kier molecular flexibility index (Phi) is 6.86. The van der Waals surface area contributed by atoms with Crippen LogP contribution in [-0.2, 0) is 6.54 Å². The minimum atomic E-state index is -0.293. The molecule has 0 fully saturated rings. The van der Waals surface area contributed by atoms with Gasteiger partial charge in [0, 0.05) is 23.3 Å². The third-order valence-corrected chi connectivity index (χ3v) is 5.79. The lowest BCUT2D eigenvalue weighted by Crippen LogP contribution is -2.29. The summed E-state index contributed by atoms with van der Waals surface area (Å²) in [6, 6.07) is 18.8. The summed E-state index contributed by atoms with van der Waals surface area (Å²) >= 11 is 1.62. The van der Waals surface area contributed by atoms with E-state index in [9.17, 15) is 14.0 Å². The summed E-state index contributed by atoms with van der Waals surface area (Å²) in [5, 5.41) is 9.97. The topological polar surface area (TPSA) is 80.4 Å². The Morgan fingerprint density at radius 3 is 2.72 bits per heavy atom. The van der Waals surface area contributed by atoms with Gasteiger partial charge in [-0.2, -0.15) is 0 Å². The summed E-state index contributed by atoms with van der Waals surface area (Å²) in [5.74, 6) is 0.567. The second-order valence-electron chi connectivity index (χ2n) is 7.11. The number of halogens is 1. The summed E-state index contributed by atoms with van der Waals surface area (Å²) in [6.07, 6.45) is 2.47. The first-order valence-corrected chi connectivity index (χ1v) is 11.1. The van der Waals surface area contributed by atoms with Crippen molar-refractivity contribution in [2.24, 2.45) is 0 Å². The Labute approximate surface area is 188 Å². The van der Waals surface area contributed by atoms with Gasteiger partial charge in [0.05, 0.1) is 6.54 Å². The van der Waals surface area contributed by atoms with Crippen molar-refractivity contribution in [2.75, 3.05) is 17.6 Å². The van der Waals surface area contributed by atoms with Crippen molar-refractivity contribution < 1.29 is 9.18 Å². The van der Waals surface area contributed by atoms with Crippen LogP contribution in [0.25, 0.3) is 5.65 Å². The van der Waals surface area contributed by atoms with Gasteiger partial charge in [-0.3, -0.25) is 4.40 Å². The maximum atomic E-state index is 12.9. The van der Waals surface area contributed by atoms with Crippen LogP contribution >= 0.6 is 11.8 Å². The lowest BCUT2D eigenvalue weighted by atomic mass is 10.2. The zero-order valence-electron chi connectivity index (χ0n) is 17.2. The van der Waals surface area contributed by atoms with E-state index < -0.39 is 0 Å². The van der Waals surface area contributed by atoms with Crippen molar-refractivity contribution in [2.45, 2.75) is 17.9 Å². The van der Waals surface area contributed by atoms with Gasteiger partial charge in [-0.15, -0.1) is 16.9 Å². The SMILES string of the molecule is O=C(NCCCSc1ccc(F)cc1)Nc1cccc(Cn2nc3ccccn3c2=O)c1. The van der Waals surface area contributed by atoms with Crippen LogP contribution in [0.15, 0.2) is 82.6 Å². The molecule has 2 N–H and O–H groups in total. The molecule has 2 heterocycles. The molecule has 4 aromatic rings. The van der Waals surface area contributed by atoms with E-state index in [-0.39, 0.29) is 17.5 Å². The highest BCUT2D eigenvalue weighted by Crippen LogP contribution is 2.18. The number of carbonyl (C=O) groups is 1. The van der Waals surface area contributed by atoms with Crippen molar-refractivity contribution in [1.29, 1.82) is 0 Å².